The summed E-state index contributed by atoms with van der Waals surface area (Å²) in [5, 5.41) is 2.05. The zero-order valence-electron chi connectivity index (χ0n) is 10.5. The first-order valence-corrected chi connectivity index (χ1v) is 6.43. The van der Waals surface area contributed by atoms with Gasteiger partial charge in [0, 0.05) is 0 Å². The summed E-state index contributed by atoms with van der Waals surface area (Å²) in [6.07, 6.45) is 1.04. The SMILES string of the molecule is O=C1NC(=O)C2(CCCCCC2)C(=O)N1CC(F)F. The van der Waals surface area contributed by atoms with Crippen LogP contribution in [0.5, 0.6) is 0 Å². The summed E-state index contributed by atoms with van der Waals surface area (Å²) < 4.78 is 24.9. The van der Waals surface area contributed by atoms with Gasteiger partial charge in [-0.1, -0.05) is 25.7 Å². The Morgan fingerprint density at radius 3 is 2.21 bits per heavy atom. The molecule has 19 heavy (non-hydrogen) atoms. The van der Waals surface area contributed by atoms with Gasteiger partial charge in [-0.15, -0.1) is 0 Å². The maximum Gasteiger partial charge on any atom is 0.330 e. The number of urea groups is 1. The van der Waals surface area contributed by atoms with E-state index in [1.54, 1.807) is 0 Å². The van der Waals surface area contributed by atoms with E-state index >= 15 is 0 Å². The fourth-order valence-electron chi connectivity index (χ4n) is 2.81. The van der Waals surface area contributed by atoms with Crippen molar-refractivity contribution in [1.29, 1.82) is 0 Å². The summed E-state index contributed by atoms with van der Waals surface area (Å²) >= 11 is 0. The maximum absolute atomic E-state index is 12.4. The van der Waals surface area contributed by atoms with Gasteiger partial charge in [-0.3, -0.25) is 19.8 Å². The third-order valence-corrected chi connectivity index (χ3v) is 3.83. The van der Waals surface area contributed by atoms with E-state index in [-0.39, 0.29) is 0 Å². The molecule has 2 aliphatic rings. The van der Waals surface area contributed by atoms with Crippen LogP contribution < -0.4 is 5.32 Å². The van der Waals surface area contributed by atoms with Crippen LogP contribution in [0.1, 0.15) is 38.5 Å². The summed E-state index contributed by atoms with van der Waals surface area (Å²) in [5.74, 6) is -1.39. The van der Waals surface area contributed by atoms with Gasteiger partial charge in [-0.05, 0) is 12.8 Å². The first-order valence-electron chi connectivity index (χ1n) is 6.43. The van der Waals surface area contributed by atoms with Crippen LogP contribution in [-0.2, 0) is 9.59 Å². The molecule has 0 aromatic heterocycles. The number of carbonyl (C=O) groups is 3. The topological polar surface area (TPSA) is 66.5 Å². The molecule has 1 N–H and O–H groups in total. The molecule has 1 heterocycles. The van der Waals surface area contributed by atoms with Crippen molar-refractivity contribution in [2.24, 2.45) is 5.41 Å². The average Bonchev–Trinajstić information content (AvgIpc) is 2.59. The largest absolute Gasteiger partial charge is 0.330 e. The van der Waals surface area contributed by atoms with Crippen LogP contribution in [-0.4, -0.2) is 35.7 Å². The van der Waals surface area contributed by atoms with Crippen molar-refractivity contribution in [3.05, 3.63) is 0 Å². The second-order valence-electron chi connectivity index (χ2n) is 5.06. The fraction of sp³-hybridized carbons (Fsp3) is 0.750. The molecule has 1 saturated heterocycles. The highest BCUT2D eigenvalue weighted by Gasteiger charge is 2.53. The highest BCUT2D eigenvalue weighted by Crippen LogP contribution is 2.39. The van der Waals surface area contributed by atoms with Gasteiger partial charge in [0.1, 0.15) is 5.41 Å². The van der Waals surface area contributed by atoms with Crippen LogP contribution in [0.25, 0.3) is 0 Å². The quantitative estimate of drug-likeness (QED) is 0.779. The standard InChI is InChI=1S/C12H16F2N2O3/c13-8(14)7-16-10(18)12(9(17)15-11(16)19)5-3-1-2-4-6-12/h8H,1-7H2,(H,15,17,19). The van der Waals surface area contributed by atoms with Gasteiger partial charge in [0.15, 0.2) is 0 Å². The first kappa shape index (κ1) is 13.9. The molecule has 1 spiro atoms. The molecule has 0 radical (unpaired) electrons. The normalized spacial score (nSPS) is 23.7. The molecule has 4 amide bonds. The molecule has 1 saturated carbocycles. The molecule has 2 rings (SSSR count). The zero-order chi connectivity index (χ0) is 14.0. The molecule has 0 atom stereocenters. The molecule has 0 bridgehead atoms. The molecule has 7 heteroatoms. The molecule has 1 aliphatic carbocycles. The van der Waals surface area contributed by atoms with Crippen molar-refractivity contribution in [1.82, 2.24) is 10.2 Å². The van der Waals surface area contributed by atoms with E-state index in [9.17, 15) is 23.2 Å². The Labute approximate surface area is 109 Å². The molecule has 0 unspecified atom stereocenters. The summed E-state index contributed by atoms with van der Waals surface area (Å²) in [6.45, 7) is -0.959. The van der Waals surface area contributed by atoms with Crippen LogP contribution in [0.15, 0.2) is 0 Å². The Morgan fingerprint density at radius 1 is 1.11 bits per heavy atom. The number of nitrogens with zero attached hydrogens (tertiary/aromatic N) is 1. The number of hydrogen-bond donors (Lipinski definition) is 1. The number of halogens is 2. The lowest BCUT2D eigenvalue weighted by molar-refractivity contribution is -0.153. The van der Waals surface area contributed by atoms with E-state index < -0.39 is 36.2 Å². The van der Waals surface area contributed by atoms with Crippen LogP contribution in [0.2, 0.25) is 0 Å². The van der Waals surface area contributed by atoms with Gasteiger partial charge in [0.2, 0.25) is 11.8 Å². The van der Waals surface area contributed by atoms with Crippen LogP contribution in [0.4, 0.5) is 13.6 Å². The fourth-order valence-corrected chi connectivity index (χ4v) is 2.81. The predicted molar refractivity (Wildman–Crippen MR) is 61.4 cm³/mol. The Hall–Kier alpha value is -1.53. The van der Waals surface area contributed by atoms with E-state index in [1.807, 2.05) is 5.32 Å². The van der Waals surface area contributed by atoms with Gasteiger partial charge in [-0.25, -0.2) is 13.6 Å². The lowest BCUT2D eigenvalue weighted by Crippen LogP contribution is -2.64. The Balaban J connectivity index is 2.28. The van der Waals surface area contributed by atoms with E-state index in [0.29, 0.717) is 30.6 Å². The highest BCUT2D eigenvalue weighted by molar-refractivity contribution is 6.19. The van der Waals surface area contributed by atoms with Crippen molar-refractivity contribution >= 4 is 17.8 Å². The van der Waals surface area contributed by atoms with Crippen molar-refractivity contribution in [3.8, 4) is 0 Å². The minimum atomic E-state index is -2.80. The van der Waals surface area contributed by atoms with Crippen molar-refractivity contribution in [2.45, 2.75) is 45.0 Å². The lowest BCUT2D eigenvalue weighted by atomic mass is 9.77. The lowest BCUT2D eigenvalue weighted by Gasteiger charge is -2.38. The van der Waals surface area contributed by atoms with Crippen LogP contribution >= 0.6 is 0 Å². The van der Waals surface area contributed by atoms with E-state index in [4.69, 9.17) is 0 Å². The molecule has 2 fully saturated rings. The Morgan fingerprint density at radius 2 is 1.68 bits per heavy atom. The average molecular weight is 274 g/mol. The van der Waals surface area contributed by atoms with Crippen molar-refractivity contribution in [3.63, 3.8) is 0 Å². The van der Waals surface area contributed by atoms with Crippen LogP contribution in [0, 0.1) is 5.41 Å². The Kier molecular flexibility index (Phi) is 3.82. The smallest absolute Gasteiger partial charge is 0.277 e. The zero-order valence-corrected chi connectivity index (χ0v) is 10.5. The third-order valence-electron chi connectivity index (χ3n) is 3.83. The maximum atomic E-state index is 12.4. The monoisotopic (exact) mass is 274 g/mol. The molecular formula is C12H16F2N2O3. The number of alkyl halides is 2. The Bertz CT molecular complexity index is 404. The minimum Gasteiger partial charge on any atom is -0.277 e. The van der Waals surface area contributed by atoms with Gasteiger partial charge >= 0.3 is 6.03 Å². The molecular weight excluding hydrogens is 258 g/mol. The van der Waals surface area contributed by atoms with E-state index in [0.717, 1.165) is 12.8 Å². The van der Waals surface area contributed by atoms with Gasteiger partial charge < -0.3 is 0 Å². The second kappa shape index (κ2) is 5.22. The number of barbiturate groups is 1. The number of rotatable bonds is 2. The summed E-state index contributed by atoms with van der Waals surface area (Å²) in [5.41, 5.74) is -1.32. The van der Waals surface area contributed by atoms with Crippen molar-refractivity contribution in [2.75, 3.05) is 6.54 Å². The van der Waals surface area contributed by atoms with E-state index in [1.165, 1.54) is 0 Å². The summed E-state index contributed by atoms with van der Waals surface area (Å²) in [4.78, 5) is 36.3. The second-order valence-corrected chi connectivity index (χ2v) is 5.06. The van der Waals surface area contributed by atoms with Crippen LogP contribution in [0.3, 0.4) is 0 Å². The van der Waals surface area contributed by atoms with Crippen molar-refractivity contribution < 1.29 is 23.2 Å². The number of carbonyl (C=O) groups excluding carboxylic acids is 3. The molecule has 0 aromatic carbocycles. The number of amides is 4. The highest BCUT2D eigenvalue weighted by atomic mass is 19.3. The summed E-state index contributed by atoms with van der Waals surface area (Å²) in [7, 11) is 0. The third kappa shape index (κ3) is 2.46. The first-order chi connectivity index (χ1) is 8.97. The summed E-state index contributed by atoms with van der Waals surface area (Å²) in [6, 6.07) is -1.04. The number of nitrogens with one attached hydrogen (secondary N) is 1. The predicted octanol–water partition coefficient (Wildman–Crippen LogP) is 1.67. The minimum absolute atomic E-state index is 0.324. The molecule has 106 valence electrons. The molecule has 1 aliphatic heterocycles. The number of imide groups is 2. The molecule has 0 aromatic rings. The molecule has 5 nitrogen and oxygen atoms in total. The van der Waals surface area contributed by atoms with Gasteiger partial charge in [0.25, 0.3) is 6.43 Å². The number of hydrogen-bond acceptors (Lipinski definition) is 3. The van der Waals surface area contributed by atoms with Gasteiger partial charge in [0.05, 0.1) is 6.54 Å². The van der Waals surface area contributed by atoms with Gasteiger partial charge in [-0.2, -0.15) is 0 Å². The van der Waals surface area contributed by atoms with E-state index in [2.05, 4.69) is 0 Å².